The fourth-order valence-corrected chi connectivity index (χ4v) is 3.48. The lowest BCUT2D eigenvalue weighted by Gasteiger charge is -2.16. The largest absolute Gasteiger partial charge is 0.396 e. The van der Waals surface area contributed by atoms with E-state index in [1.165, 1.54) is 0 Å². The summed E-state index contributed by atoms with van der Waals surface area (Å²) in [6.07, 6.45) is 0.645. The van der Waals surface area contributed by atoms with Gasteiger partial charge in [0.2, 0.25) is 0 Å². The summed E-state index contributed by atoms with van der Waals surface area (Å²) >= 11 is 0. The van der Waals surface area contributed by atoms with Gasteiger partial charge in [0, 0.05) is 37.0 Å². The topological polar surface area (TPSA) is 84.4 Å². The zero-order chi connectivity index (χ0) is 18.0. The van der Waals surface area contributed by atoms with E-state index in [4.69, 9.17) is 10.8 Å². The van der Waals surface area contributed by atoms with Crippen molar-refractivity contribution in [1.82, 2.24) is 14.7 Å². The molecule has 134 valence electrons. The highest BCUT2D eigenvalue weighted by atomic mass is 16.3. The Morgan fingerprint density at radius 3 is 2.60 bits per heavy atom. The van der Waals surface area contributed by atoms with Crippen LogP contribution in [-0.2, 0) is 6.54 Å². The second kappa shape index (κ2) is 7.37. The number of aliphatic hydroxyl groups is 1. The molecule has 0 saturated carbocycles. The van der Waals surface area contributed by atoms with E-state index < -0.39 is 0 Å². The van der Waals surface area contributed by atoms with Crippen LogP contribution in [0.15, 0.2) is 30.3 Å². The van der Waals surface area contributed by atoms with Gasteiger partial charge in [-0.25, -0.2) is 0 Å². The number of nitrogens with two attached hydrogens (primary N) is 1. The molecule has 1 aromatic carbocycles. The molecule has 3 rings (SSSR count). The van der Waals surface area contributed by atoms with Gasteiger partial charge >= 0.3 is 0 Å². The third-order valence-corrected chi connectivity index (χ3v) is 4.92. The van der Waals surface area contributed by atoms with E-state index >= 15 is 0 Å². The van der Waals surface area contributed by atoms with Crippen LogP contribution in [0.4, 0.5) is 0 Å². The van der Waals surface area contributed by atoms with Crippen molar-refractivity contribution in [3.8, 4) is 0 Å². The molecule has 2 atom stereocenters. The number of hydrogen-bond donors (Lipinski definition) is 2. The number of amides is 1. The van der Waals surface area contributed by atoms with Crippen LogP contribution >= 0.6 is 0 Å². The molecule has 0 unspecified atom stereocenters. The van der Waals surface area contributed by atoms with E-state index in [1.807, 2.05) is 42.8 Å². The highest BCUT2D eigenvalue weighted by molar-refractivity contribution is 5.94. The number of aryl methyl sites for hydroxylation is 2. The lowest BCUT2D eigenvalue weighted by atomic mass is 10.0. The number of aliphatic hydroxyl groups excluding tert-OH is 1. The summed E-state index contributed by atoms with van der Waals surface area (Å²) in [5, 5.41) is 13.6. The number of carbonyl (C=O) groups is 1. The average molecular weight is 342 g/mol. The van der Waals surface area contributed by atoms with Gasteiger partial charge < -0.3 is 15.7 Å². The van der Waals surface area contributed by atoms with Crippen LogP contribution in [0.1, 0.15) is 33.7 Å². The lowest BCUT2D eigenvalue weighted by Crippen LogP contribution is -2.32. The molecule has 1 saturated heterocycles. The fourth-order valence-electron chi connectivity index (χ4n) is 3.48. The molecule has 2 aromatic rings. The highest BCUT2D eigenvalue weighted by Gasteiger charge is 2.32. The third kappa shape index (κ3) is 3.91. The van der Waals surface area contributed by atoms with Crippen molar-refractivity contribution in [1.29, 1.82) is 0 Å². The summed E-state index contributed by atoms with van der Waals surface area (Å²) in [5.41, 5.74) is 10.00. The highest BCUT2D eigenvalue weighted by Crippen LogP contribution is 2.21. The fraction of sp³-hybridized carbons (Fsp3) is 0.474. The van der Waals surface area contributed by atoms with Crippen molar-refractivity contribution in [2.24, 2.45) is 11.7 Å². The van der Waals surface area contributed by atoms with Crippen molar-refractivity contribution >= 4 is 5.91 Å². The second-order valence-corrected chi connectivity index (χ2v) is 6.93. The number of hydrogen-bond acceptors (Lipinski definition) is 4. The van der Waals surface area contributed by atoms with Crippen LogP contribution in [0.25, 0.3) is 0 Å². The molecule has 0 radical (unpaired) electrons. The Bertz CT molecular complexity index is 738. The number of likely N-dealkylation sites (tertiary alicyclic amines) is 1. The van der Waals surface area contributed by atoms with Gasteiger partial charge in [0.1, 0.15) is 0 Å². The predicted molar refractivity (Wildman–Crippen MR) is 96.3 cm³/mol. The van der Waals surface area contributed by atoms with Crippen LogP contribution in [0.3, 0.4) is 0 Å². The maximum absolute atomic E-state index is 12.7. The Morgan fingerprint density at radius 1 is 1.28 bits per heavy atom. The zero-order valence-electron chi connectivity index (χ0n) is 14.9. The first kappa shape index (κ1) is 17.6. The molecule has 6 heteroatoms. The first-order valence-electron chi connectivity index (χ1n) is 8.73. The van der Waals surface area contributed by atoms with E-state index in [9.17, 15) is 4.79 Å². The second-order valence-electron chi connectivity index (χ2n) is 6.93. The quantitative estimate of drug-likeness (QED) is 0.858. The molecular formula is C19H26N4O2. The van der Waals surface area contributed by atoms with Gasteiger partial charge in [0.05, 0.1) is 12.2 Å². The number of benzene rings is 1. The molecule has 0 aliphatic carbocycles. The minimum Gasteiger partial charge on any atom is -0.396 e. The summed E-state index contributed by atoms with van der Waals surface area (Å²) < 4.78 is 1.96. The van der Waals surface area contributed by atoms with Crippen molar-refractivity contribution in [3.05, 3.63) is 52.8 Å². The Kier molecular flexibility index (Phi) is 5.20. The molecule has 2 heterocycles. The van der Waals surface area contributed by atoms with Crippen molar-refractivity contribution in [2.75, 3.05) is 19.7 Å². The van der Waals surface area contributed by atoms with Gasteiger partial charge in [0.15, 0.2) is 0 Å². The molecule has 3 N–H and O–H groups in total. The van der Waals surface area contributed by atoms with E-state index in [0.717, 1.165) is 17.0 Å². The van der Waals surface area contributed by atoms with Crippen LogP contribution in [0.5, 0.6) is 0 Å². The SMILES string of the molecule is Cc1cc(C)n(Cc2ccc(C(=O)N3C[C@@H](CCO)[C@H](N)C3)cc2)n1. The van der Waals surface area contributed by atoms with E-state index in [-0.39, 0.29) is 24.5 Å². The van der Waals surface area contributed by atoms with E-state index in [0.29, 0.717) is 31.6 Å². The molecule has 0 bridgehead atoms. The van der Waals surface area contributed by atoms with Gasteiger partial charge in [0.25, 0.3) is 5.91 Å². The summed E-state index contributed by atoms with van der Waals surface area (Å²) in [4.78, 5) is 14.5. The standard InChI is InChI=1S/C19H26N4O2/c1-13-9-14(2)23(21-13)10-15-3-5-16(6-4-15)19(25)22-11-17(7-8-24)18(20)12-22/h3-6,9,17-18,24H,7-8,10-12,20H2,1-2H3/t17-,18-/m1/s1. The number of nitrogens with zero attached hydrogens (tertiary/aromatic N) is 3. The molecule has 1 amide bonds. The maximum Gasteiger partial charge on any atom is 0.253 e. The Morgan fingerprint density at radius 2 is 2.00 bits per heavy atom. The van der Waals surface area contributed by atoms with Crippen molar-refractivity contribution < 1.29 is 9.90 Å². The first-order chi connectivity index (χ1) is 12.0. The summed E-state index contributed by atoms with van der Waals surface area (Å²) in [6.45, 7) is 6.00. The van der Waals surface area contributed by atoms with Crippen LogP contribution < -0.4 is 5.73 Å². The molecule has 1 fully saturated rings. The van der Waals surface area contributed by atoms with Crippen LogP contribution in [-0.4, -0.2) is 51.4 Å². The molecule has 1 aromatic heterocycles. The molecular weight excluding hydrogens is 316 g/mol. The molecule has 1 aliphatic heterocycles. The van der Waals surface area contributed by atoms with Gasteiger partial charge in [-0.05, 0) is 49.9 Å². The lowest BCUT2D eigenvalue weighted by molar-refractivity contribution is 0.0784. The monoisotopic (exact) mass is 342 g/mol. The third-order valence-electron chi connectivity index (χ3n) is 4.92. The van der Waals surface area contributed by atoms with Gasteiger partial charge in [-0.3, -0.25) is 9.48 Å². The molecule has 0 spiro atoms. The maximum atomic E-state index is 12.7. The Balaban J connectivity index is 1.66. The molecule has 1 aliphatic rings. The minimum atomic E-state index is -0.0543. The molecule has 6 nitrogen and oxygen atoms in total. The van der Waals surface area contributed by atoms with Crippen molar-refractivity contribution in [3.63, 3.8) is 0 Å². The first-order valence-corrected chi connectivity index (χ1v) is 8.73. The summed E-state index contributed by atoms with van der Waals surface area (Å²) in [7, 11) is 0. The molecule has 25 heavy (non-hydrogen) atoms. The van der Waals surface area contributed by atoms with Crippen molar-refractivity contribution in [2.45, 2.75) is 32.9 Å². The number of rotatable bonds is 5. The number of carbonyl (C=O) groups excluding carboxylic acids is 1. The van der Waals surface area contributed by atoms with Gasteiger partial charge in [-0.15, -0.1) is 0 Å². The minimum absolute atomic E-state index is 0.00792. The van der Waals surface area contributed by atoms with Crippen LogP contribution in [0.2, 0.25) is 0 Å². The van der Waals surface area contributed by atoms with Gasteiger partial charge in [-0.2, -0.15) is 5.10 Å². The Labute approximate surface area is 148 Å². The smallest absolute Gasteiger partial charge is 0.253 e. The zero-order valence-corrected chi connectivity index (χ0v) is 14.9. The van der Waals surface area contributed by atoms with Gasteiger partial charge in [-0.1, -0.05) is 12.1 Å². The van der Waals surface area contributed by atoms with Crippen LogP contribution in [0, 0.1) is 19.8 Å². The number of aromatic nitrogens is 2. The predicted octanol–water partition coefficient (Wildman–Crippen LogP) is 1.33. The Hall–Kier alpha value is -2.18. The summed E-state index contributed by atoms with van der Waals surface area (Å²) in [6, 6.07) is 9.69. The summed E-state index contributed by atoms with van der Waals surface area (Å²) in [5.74, 6) is 0.188. The normalized spacial score (nSPS) is 20.2. The van der Waals surface area contributed by atoms with E-state index in [1.54, 1.807) is 4.90 Å². The van der Waals surface area contributed by atoms with E-state index in [2.05, 4.69) is 11.2 Å². The average Bonchev–Trinajstić information content (AvgIpc) is 3.10.